The maximum Gasteiger partial charge on any atom is 0.370 e. The number of aliphatic carboxylic acids is 1. The van der Waals surface area contributed by atoms with Gasteiger partial charge in [-0.3, -0.25) is 0 Å². The number of ether oxygens (including phenoxy) is 1. The summed E-state index contributed by atoms with van der Waals surface area (Å²) in [7, 11) is 0. The van der Waals surface area contributed by atoms with Gasteiger partial charge in [-0.25, -0.2) is 4.79 Å². The number of hydrogen-bond acceptors (Lipinski definition) is 2. The van der Waals surface area contributed by atoms with Gasteiger partial charge in [0.05, 0.1) is 0 Å². The third-order valence-corrected chi connectivity index (χ3v) is 3.05. The van der Waals surface area contributed by atoms with E-state index in [1.54, 1.807) is 0 Å². The van der Waals surface area contributed by atoms with Gasteiger partial charge in [-0.1, -0.05) is 28.9 Å². The van der Waals surface area contributed by atoms with Gasteiger partial charge in [0, 0.05) is 0 Å². The van der Waals surface area contributed by atoms with Crippen molar-refractivity contribution in [3.05, 3.63) is 47.3 Å². The standard InChI is InChI=1S/C18H28O3/c1-14(2)8-6-9-15(3)10-7-11-16(4)12-13-21-17(5)18(19)20/h8,10,12H,5-7,9,11,13H2,1-4H3,(H,19,20). The van der Waals surface area contributed by atoms with E-state index in [1.807, 2.05) is 13.0 Å². The SMILES string of the molecule is C=C(OCC=C(C)CCC=C(C)CCC=C(C)C)C(=O)O. The molecule has 21 heavy (non-hydrogen) atoms. The van der Waals surface area contributed by atoms with E-state index in [2.05, 4.69) is 39.5 Å². The summed E-state index contributed by atoms with van der Waals surface area (Å²) in [4.78, 5) is 10.5. The second kappa shape index (κ2) is 11.0. The first kappa shape index (κ1) is 19.2. The molecule has 0 aliphatic heterocycles. The molecule has 118 valence electrons. The van der Waals surface area contributed by atoms with Gasteiger partial charge in [0.15, 0.2) is 5.76 Å². The van der Waals surface area contributed by atoms with Crippen molar-refractivity contribution in [3.8, 4) is 0 Å². The van der Waals surface area contributed by atoms with Crippen molar-refractivity contribution < 1.29 is 14.6 Å². The Kier molecular flexibility index (Phi) is 10.0. The van der Waals surface area contributed by atoms with Crippen molar-refractivity contribution in [2.75, 3.05) is 6.61 Å². The molecule has 0 bridgehead atoms. The average Bonchev–Trinajstić information content (AvgIpc) is 2.37. The molecular formula is C18H28O3. The van der Waals surface area contributed by atoms with Crippen LogP contribution in [0.15, 0.2) is 47.3 Å². The smallest absolute Gasteiger partial charge is 0.370 e. The highest BCUT2D eigenvalue weighted by Gasteiger charge is 2.02. The van der Waals surface area contributed by atoms with Crippen LogP contribution in [0, 0.1) is 0 Å². The topological polar surface area (TPSA) is 46.5 Å². The van der Waals surface area contributed by atoms with Crippen molar-refractivity contribution in [1.82, 2.24) is 0 Å². The lowest BCUT2D eigenvalue weighted by molar-refractivity contribution is -0.136. The van der Waals surface area contributed by atoms with Gasteiger partial charge < -0.3 is 9.84 Å². The minimum Gasteiger partial charge on any atom is -0.483 e. The zero-order valence-electron chi connectivity index (χ0n) is 13.7. The van der Waals surface area contributed by atoms with Gasteiger partial charge >= 0.3 is 5.97 Å². The molecule has 0 aromatic carbocycles. The van der Waals surface area contributed by atoms with Gasteiger partial charge in [-0.05, 0) is 66.0 Å². The fourth-order valence-electron chi connectivity index (χ4n) is 1.69. The van der Waals surface area contributed by atoms with Crippen LogP contribution in [0.1, 0.15) is 53.4 Å². The molecule has 0 unspecified atom stereocenters. The van der Waals surface area contributed by atoms with E-state index in [0.717, 1.165) is 25.7 Å². The van der Waals surface area contributed by atoms with E-state index >= 15 is 0 Å². The Morgan fingerprint density at radius 3 is 2.05 bits per heavy atom. The number of rotatable bonds is 10. The largest absolute Gasteiger partial charge is 0.483 e. The summed E-state index contributed by atoms with van der Waals surface area (Å²) in [5.41, 5.74) is 3.97. The molecule has 0 rings (SSSR count). The highest BCUT2D eigenvalue weighted by Crippen LogP contribution is 2.11. The van der Waals surface area contributed by atoms with Crippen LogP contribution in [0.3, 0.4) is 0 Å². The minimum absolute atomic E-state index is 0.214. The lowest BCUT2D eigenvalue weighted by Gasteiger charge is -2.04. The van der Waals surface area contributed by atoms with Crippen LogP contribution >= 0.6 is 0 Å². The van der Waals surface area contributed by atoms with Gasteiger partial charge in [-0.2, -0.15) is 0 Å². The Balaban J connectivity index is 3.96. The zero-order valence-corrected chi connectivity index (χ0v) is 13.7. The van der Waals surface area contributed by atoms with Crippen LogP contribution in [0.4, 0.5) is 0 Å². The normalized spacial score (nSPS) is 12.0. The number of carbonyl (C=O) groups is 1. The molecule has 0 atom stereocenters. The first-order chi connectivity index (χ1) is 9.82. The third kappa shape index (κ3) is 11.7. The lowest BCUT2D eigenvalue weighted by atomic mass is 10.1. The summed E-state index contributed by atoms with van der Waals surface area (Å²) >= 11 is 0. The van der Waals surface area contributed by atoms with Crippen molar-refractivity contribution in [1.29, 1.82) is 0 Å². The van der Waals surface area contributed by atoms with E-state index < -0.39 is 5.97 Å². The van der Waals surface area contributed by atoms with E-state index in [9.17, 15) is 4.79 Å². The summed E-state index contributed by atoms with van der Waals surface area (Å²) < 4.78 is 4.98. The third-order valence-electron chi connectivity index (χ3n) is 3.05. The first-order valence-electron chi connectivity index (χ1n) is 7.32. The zero-order chi connectivity index (χ0) is 16.3. The molecule has 0 aromatic rings. The molecule has 0 aromatic heterocycles. The maximum atomic E-state index is 10.5. The number of allylic oxidation sites excluding steroid dienone is 5. The number of carboxylic acids is 1. The van der Waals surface area contributed by atoms with Crippen LogP contribution < -0.4 is 0 Å². The maximum absolute atomic E-state index is 10.5. The first-order valence-corrected chi connectivity index (χ1v) is 7.32. The summed E-state index contributed by atoms with van der Waals surface area (Å²) in [6, 6.07) is 0. The van der Waals surface area contributed by atoms with Crippen molar-refractivity contribution >= 4 is 5.97 Å². The fourth-order valence-corrected chi connectivity index (χ4v) is 1.69. The number of carboxylic acid groups (broad SMARTS) is 1. The predicted molar refractivity (Wildman–Crippen MR) is 88.1 cm³/mol. The molecule has 3 heteroatoms. The van der Waals surface area contributed by atoms with Gasteiger partial charge in [0.25, 0.3) is 0 Å². The summed E-state index contributed by atoms with van der Waals surface area (Å²) in [6.45, 7) is 12.0. The van der Waals surface area contributed by atoms with Gasteiger partial charge in [0.1, 0.15) is 6.61 Å². The molecule has 0 saturated heterocycles. The molecule has 0 aliphatic rings. The molecule has 3 nitrogen and oxygen atoms in total. The summed E-state index contributed by atoms with van der Waals surface area (Å²) in [5.74, 6) is -1.33. The van der Waals surface area contributed by atoms with E-state index in [1.165, 1.54) is 16.7 Å². The van der Waals surface area contributed by atoms with Crippen LogP contribution in [-0.4, -0.2) is 17.7 Å². The molecule has 1 N–H and O–H groups in total. The monoisotopic (exact) mass is 292 g/mol. The van der Waals surface area contributed by atoms with Gasteiger partial charge in [0.2, 0.25) is 0 Å². The second-order valence-corrected chi connectivity index (χ2v) is 5.50. The Labute approximate surface area is 128 Å². The van der Waals surface area contributed by atoms with E-state index in [4.69, 9.17) is 9.84 Å². The van der Waals surface area contributed by atoms with Crippen LogP contribution in [0.5, 0.6) is 0 Å². The fraction of sp³-hybridized carbons (Fsp3) is 0.500. The molecule has 0 radical (unpaired) electrons. The molecule has 0 spiro atoms. The molecule has 0 aliphatic carbocycles. The summed E-state index contributed by atoms with van der Waals surface area (Å²) in [5, 5.41) is 8.60. The van der Waals surface area contributed by atoms with Crippen molar-refractivity contribution in [3.63, 3.8) is 0 Å². The molecule has 0 amide bonds. The lowest BCUT2D eigenvalue weighted by Crippen LogP contribution is -2.03. The Hall–Kier alpha value is -1.77. The summed E-state index contributed by atoms with van der Waals surface area (Å²) in [6.07, 6.45) is 10.6. The second-order valence-electron chi connectivity index (χ2n) is 5.50. The Morgan fingerprint density at radius 2 is 1.52 bits per heavy atom. The van der Waals surface area contributed by atoms with E-state index in [-0.39, 0.29) is 12.4 Å². The Bertz CT molecular complexity index is 435. The van der Waals surface area contributed by atoms with E-state index in [0.29, 0.717) is 0 Å². The predicted octanol–water partition coefficient (Wildman–Crippen LogP) is 5.02. The van der Waals surface area contributed by atoms with Crippen LogP contribution in [0.25, 0.3) is 0 Å². The minimum atomic E-state index is -1.11. The van der Waals surface area contributed by atoms with Crippen LogP contribution in [0.2, 0.25) is 0 Å². The Morgan fingerprint density at radius 1 is 1.00 bits per heavy atom. The molecular weight excluding hydrogens is 264 g/mol. The molecule has 0 saturated carbocycles. The highest BCUT2D eigenvalue weighted by atomic mass is 16.5. The highest BCUT2D eigenvalue weighted by molar-refractivity contribution is 5.83. The quantitative estimate of drug-likeness (QED) is 0.349. The number of hydrogen-bond donors (Lipinski definition) is 1. The van der Waals surface area contributed by atoms with Crippen molar-refractivity contribution in [2.45, 2.75) is 53.4 Å². The van der Waals surface area contributed by atoms with Gasteiger partial charge in [-0.15, -0.1) is 0 Å². The average molecular weight is 292 g/mol. The van der Waals surface area contributed by atoms with Crippen LogP contribution in [-0.2, 0) is 9.53 Å². The van der Waals surface area contributed by atoms with Crippen molar-refractivity contribution in [2.24, 2.45) is 0 Å². The molecule has 0 fully saturated rings. The molecule has 0 heterocycles.